The summed E-state index contributed by atoms with van der Waals surface area (Å²) in [5.41, 5.74) is 1.30. The van der Waals surface area contributed by atoms with Gasteiger partial charge in [-0.2, -0.15) is 5.26 Å². The minimum absolute atomic E-state index is 0.0787. The van der Waals surface area contributed by atoms with Crippen LogP contribution >= 0.6 is 24.0 Å². The third kappa shape index (κ3) is 5.41. The molecule has 0 saturated carbocycles. The summed E-state index contributed by atoms with van der Waals surface area (Å²) in [5, 5.41) is 9.77. The highest BCUT2D eigenvalue weighted by Crippen LogP contribution is 2.37. The summed E-state index contributed by atoms with van der Waals surface area (Å²) in [4.78, 5) is 31.0. The van der Waals surface area contributed by atoms with E-state index in [4.69, 9.17) is 12.2 Å². The van der Waals surface area contributed by atoms with Crippen LogP contribution in [0.1, 0.15) is 76.5 Å². The molecule has 0 radical (unpaired) electrons. The van der Waals surface area contributed by atoms with Gasteiger partial charge in [0, 0.05) is 31.7 Å². The van der Waals surface area contributed by atoms with Crippen molar-refractivity contribution in [1.29, 1.82) is 5.26 Å². The van der Waals surface area contributed by atoms with Crippen molar-refractivity contribution >= 4 is 46.1 Å². The summed E-state index contributed by atoms with van der Waals surface area (Å²) < 4.78 is 2.28. The second-order valence-corrected chi connectivity index (χ2v) is 11.3. The van der Waals surface area contributed by atoms with Crippen molar-refractivity contribution in [1.82, 2.24) is 9.47 Å². The van der Waals surface area contributed by atoms with E-state index in [-0.39, 0.29) is 17.0 Å². The largest absolute Gasteiger partial charge is 0.357 e. The molecule has 6 nitrogen and oxygen atoms in total. The molecule has 8 heteroatoms. The Labute approximate surface area is 213 Å². The van der Waals surface area contributed by atoms with Gasteiger partial charge in [-0.1, -0.05) is 64.0 Å². The lowest BCUT2D eigenvalue weighted by Gasteiger charge is -2.38. The predicted octanol–water partition coefficient (Wildman–Crippen LogP) is 5.31. The number of pyridine rings is 1. The van der Waals surface area contributed by atoms with Crippen LogP contribution < -0.4 is 10.5 Å². The Balaban J connectivity index is 2.09. The SMILES string of the molecule is CCCCCCN1C(=O)C(=Cc2c(C)c(C#N)c(=O)n(CC)c2N2CC(C)CC(C)C2)SC1=S. The van der Waals surface area contributed by atoms with Crippen LogP contribution in [0.3, 0.4) is 0 Å². The molecule has 3 rings (SSSR count). The second kappa shape index (κ2) is 11.5. The summed E-state index contributed by atoms with van der Waals surface area (Å²) in [6.07, 6.45) is 7.31. The van der Waals surface area contributed by atoms with Crippen molar-refractivity contribution in [2.75, 3.05) is 24.5 Å². The lowest BCUT2D eigenvalue weighted by atomic mass is 9.91. The van der Waals surface area contributed by atoms with Crippen LogP contribution in [-0.4, -0.2) is 39.3 Å². The third-order valence-corrected chi connectivity index (χ3v) is 8.09. The average molecular weight is 501 g/mol. The molecule has 2 aliphatic heterocycles. The number of carbonyl (C=O) groups excluding carboxylic acids is 1. The number of carbonyl (C=O) groups is 1. The zero-order valence-electron chi connectivity index (χ0n) is 21.0. The first kappa shape index (κ1) is 26.5. The van der Waals surface area contributed by atoms with Crippen molar-refractivity contribution in [3.8, 4) is 6.07 Å². The van der Waals surface area contributed by atoms with Crippen molar-refractivity contribution in [3.05, 3.63) is 31.9 Å². The normalized spacial score (nSPS) is 22.1. The van der Waals surface area contributed by atoms with E-state index in [1.807, 2.05) is 19.9 Å². The van der Waals surface area contributed by atoms with Crippen LogP contribution in [0.5, 0.6) is 0 Å². The molecule has 3 heterocycles. The number of nitrogens with zero attached hydrogens (tertiary/aromatic N) is 4. The molecule has 1 aromatic rings. The Morgan fingerprint density at radius 3 is 2.41 bits per heavy atom. The molecule has 1 amide bonds. The van der Waals surface area contributed by atoms with Gasteiger partial charge in [-0.05, 0) is 50.2 Å². The number of rotatable bonds is 8. The minimum Gasteiger partial charge on any atom is -0.357 e. The van der Waals surface area contributed by atoms with Crippen LogP contribution in [0, 0.1) is 30.1 Å². The van der Waals surface area contributed by atoms with Gasteiger partial charge < -0.3 is 4.90 Å². The van der Waals surface area contributed by atoms with Gasteiger partial charge in [0.1, 0.15) is 21.8 Å². The van der Waals surface area contributed by atoms with Gasteiger partial charge in [0.05, 0.1) is 4.91 Å². The molecule has 2 aliphatic rings. The average Bonchev–Trinajstić information content (AvgIpc) is 3.05. The van der Waals surface area contributed by atoms with Gasteiger partial charge >= 0.3 is 0 Å². The fourth-order valence-electron chi connectivity index (χ4n) is 5.13. The van der Waals surface area contributed by atoms with Crippen molar-refractivity contribution in [2.45, 2.75) is 73.3 Å². The van der Waals surface area contributed by atoms with Gasteiger partial charge in [-0.25, -0.2) is 0 Å². The summed E-state index contributed by atoms with van der Waals surface area (Å²) in [6.45, 7) is 13.2. The third-order valence-electron chi connectivity index (χ3n) is 6.72. The van der Waals surface area contributed by atoms with Crippen molar-refractivity contribution in [3.63, 3.8) is 0 Å². The Bertz CT molecular complexity index is 1080. The minimum atomic E-state index is -0.260. The maximum atomic E-state index is 13.3. The Hall–Kier alpha value is -2.11. The molecule has 0 aromatic carbocycles. The van der Waals surface area contributed by atoms with Gasteiger partial charge in [0.15, 0.2) is 0 Å². The van der Waals surface area contributed by atoms with Crippen molar-refractivity contribution in [2.24, 2.45) is 11.8 Å². The monoisotopic (exact) mass is 500 g/mol. The van der Waals surface area contributed by atoms with Gasteiger partial charge in [-0.15, -0.1) is 0 Å². The van der Waals surface area contributed by atoms with E-state index < -0.39 is 0 Å². The molecule has 0 bridgehead atoms. The number of aromatic nitrogens is 1. The van der Waals surface area contributed by atoms with Crippen LogP contribution in [-0.2, 0) is 11.3 Å². The molecule has 0 spiro atoms. The zero-order chi connectivity index (χ0) is 25.0. The highest BCUT2D eigenvalue weighted by atomic mass is 32.2. The Morgan fingerprint density at radius 1 is 1.15 bits per heavy atom. The standard InChI is InChI=1S/C26H36N4O2S2/c1-6-8-9-10-11-30-25(32)22(34-26(30)33)13-20-19(5)21(14-27)24(31)29(7-2)23(20)28-15-17(3)12-18(4)16-28/h13,17-18H,6-12,15-16H2,1-5H3. The van der Waals surface area contributed by atoms with Crippen molar-refractivity contribution < 1.29 is 4.79 Å². The fourth-order valence-corrected chi connectivity index (χ4v) is 6.42. The summed E-state index contributed by atoms with van der Waals surface area (Å²) >= 11 is 6.85. The molecule has 2 unspecified atom stereocenters. The van der Waals surface area contributed by atoms with E-state index >= 15 is 0 Å². The lowest BCUT2D eigenvalue weighted by Crippen LogP contribution is -2.42. The van der Waals surface area contributed by atoms with E-state index in [1.165, 1.54) is 11.8 Å². The number of thioether (sulfide) groups is 1. The maximum Gasteiger partial charge on any atom is 0.270 e. The van der Waals surface area contributed by atoms with Crippen LogP contribution in [0.4, 0.5) is 5.82 Å². The molecule has 2 fully saturated rings. The fraction of sp³-hybridized carbons (Fsp3) is 0.615. The number of unbranched alkanes of at least 4 members (excludes halogenated alkanes) is 3. The number of anilines is 1. The molecular weight excluding hydrogens is 464 g/mol. The van der Waals surface area contributed by atoms with E-state index in [1.54, 1.807) is 9.47 Å². The van der Waals surface area contributed by atoms with E-state index in [0.29, 0.717) is 39.7 Å². The first-order valence-electron chi connectivity index (χ1n) is 12.4. The van der Waals surface area contributed by atoms with Crippen LogP contribution in [0.15, 0.2) is 9.70 Å². The quantitative estimate of drug-likeness (QED) is 0.274. The number of piperidine rings is 1. The molecule has 0 aliphatic carbocycles. The first-order valence-corrected chi connectivity index (χ1v) is 13.6. The highest BCUT2D eigenvalue weighted by molar-refractivity contribution is 8.26. The van der Waals surface area contributed by atoms with Gasteiger partial charge in [0.25, 0.3) is 11.5 Å². The number of hydrogen-bond acceptors (Lipinski definition) is 6. The number of hydrogen-bond donors (Lipinski definition) is 0. The van der Waals surface area contributed by atoms with Crippen LogP contribution in [0.2, 0.25) is 0 Å². The maximum absolute atomic E-state index is 13.3. The molecule has 34 heavy (non-hydrogen) atoms. The molecule has 1 aromatic heterocycles. The predicted molar refractivity (Wildman–Crippen MR) is 145 cm³/mol. The summed E-state index contributed by atoms with van der Waals surface area (Å²) in [6, 6.07) is 2.11. The lowest BCUT2D eigenvalue weighted by molar-refractivity contribution is -0.122. The second-order valence-electron chi connectivity index (χ2n) is 9.64. The first-order chi connectivity index (χ1) is 16.2. The molecular formula is C26H36N4O2S2. The molecule has 0 N–H and O–H groups in total. The Kier molecular flexibility index (Phi) is 9.00. The topological polar surface area (TPSA) is 69.3 Å². The highest BCUT2D eigenvalue weighted by Gasteiger charge is 2.33. The van der Waals surface area contributed by atoms with Gasteiger partial charge in [0.2, 0.25) is 0 Å². The zero-order valence-corrected chi connectivity index (χ0v) is 22.7. The van der Waals surface area contributed by atoms with E-state index in [9.17, 15) is 14.9 Å². The summed E-state index contributed by atoms with van der Waals surface area (Å²) in [5.74, 6) is 1.73. The Morgan fingerprint density at radius 2 is 1.82 bits per heavy atom. The molecule has 2 atom stereocenters. The van der Waals surface area contributed by atoms with E-state index in [2.05, 4.69) is 31.7 Å². The molecule has 2 saturated heterocycles. The molecule has 184 valence electrons. The van der Waals surface area contributed by atoms with Gasteiger partial charge in [-0.3, -0.25) is 19.1 Å². The summed E-state index contributed by atoms with van der Waals surface area (Å²) in [7, 11) is 0. The number of amides is 1. The smallest absolute Gasteiger partial charge is 0.270 e. The van der Waals surface area contributed by atoms with E-state index in [0.717, 1.165) is 56.6 Å². The van der Waals surface area contributed by atoms with Crippen LogP contribution in [0.25, 0.3) is 6.08 Å². The number of nitriles is 1. The number of thiocarbonyl (C=S) groups is 1.